The molecule has 2 N–H and O–H groups in total. The van der Waals surface area contributed by atoms with E-state index in [1.807, 2.05) is 24.3 Å². The standard InChI is InChI=1S/C17H18FN3/c1-2-9-21(12-13-3-6-16(20)7-4-13)17-8-5-15(18)10-14(17)11-19/h3-8,10H,2,9,12,20H2,1H3. The van der Waals surface area contributed by atoms with Crippen molar-refractivity contribution in [2.45, 2.75) is 19.9 Å². The summed E-state index contributed by atoms with van der Waals surface area (Å²) in [6.45, 7) is 3.53. The van der Waals surface area contributed by atoms with Gasteiger partial charge in [0.15, 0.2) is 0 Å². The molecule has 0 amide bonds. The molecule has 2 aromatic rings. The minimum atomic E-state index is -0.390. The zero-order valence-electron chi connectivity index (χ0n) is 12.0. The Bertz CT molecular complexity index is 644. The molecule has 4 heteroatoms. The summed E-state index contributed by atoms with van der Waals surface area (Å²) in [6.07, 6.45) is 0.942. The van der Waals surface area contributed by atoms with Crippen molar-refractivity contribution < 1.29 is 4.39 Å². The van der Waals surface area contributed by atoms with Gasteiger partial charge in [0.2, 0.25) is 0 Å². The Labute approximate surface area is 124 Å². The van der Waals surface area contributed by atoms with Gasteiger partial charge < -0.3 is 10.6 Å². The Hall–Kier alpha value is -2.54. The third-order valence-electron chi connectivity index (χ3n) is 3.27. The smallest absolute Gasteiger partial charge is 0.124 e. The Kier molecular flexibility index (Phi) is 4.78. The number of rotatable bonds is 5. The number of anilines is 2. The summed E-state index contributed by atoms with van der Waals surface area (Å²) in [5.41, 5.74) is 8.64. The molecular weight excluding hydrogens is 265 g/mol. The maximum absolute atomic E-state index is 13.3. The van der Waals surface area contributed by atoms with E-state index in [4.69, 9.17) is 5.73 Å². The molecule has 108 valence electrons. The van der Waals surface area contributed by atoms with Gasteiger partial charge in [-0.05, 0) is 42.3 Å². The number of halogens is 1. The lowest BCUT2D eigenvalue weighted by molar-refractivity contribution is 0.626. The van der Waals surface area contributed by atoms with Crippen LogP contribution >= 0.6 is 0 Å². The number of nitrogens with two attached hydrogens (primary N) is 1. The summed E-state index contributed by atoms with van der Waals surface area (Å²) in [6, 6.07) is 14.1. The molecule has 0 spiro atoms. The van der Waals surface area contributed by atoms with E-state index in [1.165, 1.54) is 12.1 Å². The number of hydrogen-bond acceptors (Lipinski definition) is 3. The number of nitrogens with zero attached hydrogens (tertiary/aromatic N) is 2. The van der Waals surface area contributed by atoms with Gasteiger partial charge in [-0.15, -0.1) is 0 Å². The lowest BCUT2D eigenvalue weighted by atomic mass is 10.1. The second kappa shape index (κ2) is 6.76. The number of benzene rings is 2. The highest BCUT2D eigenvalue weighted by atomic mass is 19.1. The monoisotopic (exact) mass is 283 g/mol. The van der Waals surface area contributed by atoms with E-state index in [1.54, 1.807) is 6.07 Å². The molecule has 0 fully saturated rings. The normalized spacial score (nSPS) is 10.1. The highest BCUT2D eigenvalue weighted by Gasteiger charge is 2.12. The predicted molar refractivity (Wildman–Crippen MR) is 83.3 cm³/mol. The fraction of sp³-hybridized carbons (Fsp3) is 0.235. The van der Waals surface area contributed by atoms with E-state index in [0.29, 0.717) is 12.1 Å². The van der Waals surface area contributed by atoms with Gasteiger partial charge in [0.05, 0.1) is 11.3 Å². The molecule has 0 aliphatic rings. The molecule has 0 radical (unpaired) electrons. The molecule has 2 aromatic carbocycles. The maximum Gasteiger partial charge on any atom is 0.124 e. The molecule has 0 bridgehead atoms. The molecule has 0 saturated carbocycles. The SMILES string of the molecule is CCCN(Cc1ccc(N)cc1)c1ccc(F)cc1C#N. The first-order valence-corrected chi connectivity index (χ1v) is 6.93. The van der Waals surface area contributed by atoms with Gasteiger partial charge in [0.1, 0.15) is 11.9 Å². The summed E-state index contributed by atoms with van der Waals surface area (Å²) in [4.78, 5) is 2.09. The van der Waals surface area contributed by atoms with Crippen LogP contribution in [-0.4, -0.2) is 6.54 Å². The molecule has 2 rings (SSSR count). The van der Waals surface area contributed by atoms with Crippen LogP contribution < -0.4 is 10.6 Å². The molecule has 21 heavy (non-hydrogen) atoms. The Morgan fingerprint density at radius 1 is 1.19 bits per heavy atom. The summed E-state index contributed by atoms with van der Waals surface area (Å²) in [7, 11) is 0. The first-order chi connectivity index (χ1) is 10.1. The molecular formula is C17H18FN3. The van der Waals surface area contributed by atoms with E-state index < -0.39 is 0 Å². The van der Waals surface area contributed by atoms with Gasteiger partial charge in [-0.3, -0.25) is 0 Å². The molecule has 0 aromatic heterocycles. The molecule has 0 unspecified atom stereocenters. The fourth-order valence-corrected chi connectivity index (χ4v) is 2.27. The van der Waals surface area contributed by atoms with E-state index >= 15 is 0 Å². The van der Waals surface area contributed by atoms with Crippen molar-refractivity contribution in [2.75, 3.05) is 17.2 Å². The fourth-order valence-electron chi connectivity index (χ4n) is 2.27. The lowest BCUT2D eigenvalue weighted by Crippen LogP contribution is -2.24. The summed E-state index contributed by atoms with van der Waals surface area (Å²) in [5, 5.41) is 9.20. The topological polar surface area (TPSA) is 53.0 Å². The third-order valence-corrected chi connectivity index (χ3v) is 3.27. The number of nitriles is 1. The van der Waals surface area contributed by atoms with Crippen LogP contribution in [0, 0.1) is 17.1 Å². The van der Waals surface area contributed by atoms with Crippen LogP contribution in [0.1, 0.15) is 24.5 Å². The van der Waals surface area contributed by atoms with E-state index in [-0.39, 0.29) is 5.82 Å². The number of nitrogen functional groups attached to an aromatic ring is 1. The van der Waals surface area contributed by atoms with Crippen LogP contribution in [0.4, 0.5) is 15.8 Å². The Balaban J connectivity index is 2.31. The van der Waals surface area contributed by atoms with Crippen molar-refractivity contribution in [3.05, 3.63) is 59.4 Å². The van der Waals surface area contributed by atoms with Gasteiger partial charge in [0, 0.05) is 18.8 Å². The minimum absolute atomic E-state index is 0.360. The molecule has 0 heterocycles. The largest absolute Gasteiger partial charge is 0.399 e. The van der Waals surface area contributed by atoms with Crippen molar-refractivity contribution in [2.24, 2.45) is 0 Å². The molecule has 0 saturated heterocycles. The maximum atomic E-state index is 13.3. The average Bonchev–Trinajstić information content (AvgIpc) is 2.49. The highest BCUT2D eigenvalue weighted by Crippen LogP contribution is 2.23. The van der Waals surface area contributed by atoms with Crippen LogP contribution in [0.3, 0.4) is 0 Å². The van der Waals surface area contributed by atoms with Gasteiger partial charge in [-0.1, -0.05) is 19.1 Å². The average molecular weight is 283 g/mol. The van der Waals surface area contributed by atoms with Crippen LogP contribution in [-0.2, 0) is 6.54 Å². The zero-order chi connectivity index (χ0) is 15.2. The first kappa shape index (κ1) is 14.9. The predicted octanol–water partition coefficient (Wildman–Crippen LogP) is 3.70. The molecule has 3 nitrogen and oxygen atoms in total. The van der Waals surface area contributed by atoms with Crippen LogP contribution in [0.2, 0.25) is 0 Å². The summed E-state index contributed by atoms with van der Waals surface area (Å²) >= 11 is 0. The number of hydrogen-bond donors (Lipinski definition) is 1. The van der Waals surface area contributed by atoms with Gasteiger partial charge in [-0.2, -0.15) is 5.26 Å². The van der Waals surface area contributed by atoms with Gasteiger partial charge in [0.25, 0.3) is 0 Å². The van der Waals surface area contributed by atoms with Crippen molar-refractivity contribution >= 4 is 11.4 Å². The van der Waals surface area contributed by atoms with Crippen molar-refractivity contribution in [1.29, 1.82) is 5.26 Å². The highest BCUT2D eigenvalue weighted by molar-refractivity contribution is 5.59. The minimum Gasteiger partial charge on any atom is -0.399 e. The Morgan fingerprint density at radius 3 is 2.52 bits per heavy atom. The van der Waals surface area contributed by atoms with Crippen LogP contribution in [0.5, 0.6) is 0 Å². The van der Waals surface area contributed by atoms with Gasteiger partial charge >= 0.3 is 0 Å². The quantitative estimate of drug-likeness (QED) is 0.851. The van der Waals surface area contributed by atoms with Crippen molar-refractivity contribution in [3.8, 4) is 6.07 Å². The Morgan fingerprint density at radius 2 is 1.90 bits per heavy atom. The van der Waals surface area contributed by atoms with E-state index in [2.05, 4.69) is 17.9 Å². The molecule has 0 atom stereocenters. The van der Waals surface area contributed by atoms with Crippen molar-refractivity contribution in [1.82, 2.24) is 0 Å². The third kappa shape index (κ3) is 3.73. The van der Waals surface area contributed by atoms with Crippen molar-refractivity contribution in [3.63, 3.8) is 0 Å². The first-order valence-electron chi connectivity index (χ1n) is 6.93. The van der Waals surface area contributed by atoms with Crippen LogP contribution in [0.25, 0.3) is 0 Å². The second-order valence-corrected chi connectivity index (χ2v) is 4.94. The molecule has 0 aliphatic carbocycles. The zero-order valence-corrected chi connectivity index (χ0v) is 12.0. The van der Waals surface area contributed by atoms with E-state index in [0.717, 1.165) is 29.9 Å². The second-order valence-electron chi connectivity index (χ2n) is 4.94. The summed E-state index contributed by atoms with van der Waals surface area (Å²) < 4.78 is 13.3. The lowest BCUT2D eigenvalue weighted by Gasteiger charge is -2.25. The van der Waals surface area contributed by atoms with Crippen LogP contribution in [0.15, 0.2) is 42.5 Å². The summed E-state index contributed by atoms with van der Waals surface area (Å²) in [5.74, 6) is -0.390. The van der Waals surface area contributed by atoms with E-state index in [9.17, 15) is 9.65 Å². The van der Waals surface area contributed by atoms with Gasteiger partial charge in [-0.25, -0.2) is 4.39 Å². The molecule has 0 aliphatic heterocycles.